The Morgan fingerprint density at radius 3 is 2.38 bits per heavy atom. The number of fused-ring (bicyclic) bond motifs is 1. The molecule has 1 aliphatic rings. The summed E-state index contributed by atoms with van der Waals surface area (Å²) in [5.41, 5.74) is 0.888. The number of carbonyl (C=O) groups excluding carboxylic acids is 2. The van der Waals surface area contributed by atoms with Crippen LogP contribution in [0.1, 0.15) is 5.56 Å². The van der Waals surface area contributed by atoms with Crippen LogP contribution >= 0.6 is 0 Å². The van der Waals surface area contributed by atoms with Gasteiger partial charge in [-0.25, -0.2) is 4.79 Å². The summed E-state index contributed by atoms with van der Waals surface area (Å²) in [6.45, 7) is 0.741. The molecule has 0 atom stereocenters. The third-order valence-corrected chi connectivity index (χ3v) is 4.22. The molecule has 0 bridgehead atoms. The van der Waals surface area contributed by atoms with Gasteiger partial charge in [-0.05, 0) is 42.0 Å². The maximum Gasteiger partial charge on any atom is 0.344 e. The molecule has 0 saturated heterocycles. The normalized spacial score (nSPS) is 12.1. The molecule has 0 aromatic heterocycles. The van der Waals surface area contributed by atoms with Crippen LogP contribution in [0, 0.1) is 0 Å². The lowest BCUT2D eigenvalue weighted by Crippen LogP contribution is -2.31. The van der Waals surface area contributed by atoms with Crippen molar-refractivity contribution in [2.45, 2.75) is 6.54 Å². The van der Waals surface area contributed by atoms with E-state index in [9.17, 15) is 9.59 Å². The summed E-state index contributed by atoms with van der Waals surface area (Å²) >= 11 is 0. The van der Waals surface area contributed by atoms with Crippen molar-refractivity contribution in [2.24, 2.45) is 0 Å². The van der Waals surface area contributed by atoms with E-state index in [-0.39, 0.29) is 19.1 Å². The summed E-state index contributed by atoms with van der Waals surface area (Å²) in [7, 11) is 3.20. The van der Waals surface area contributed by atoms with Gasteiger partial charge in [-0.2, -0.15) is 0 Å². The Bertz CT molecular complexity index is 851. The molecule has 0 unspecified atom stereocenters. The first-order valence-electron chi connectivity index (χ1n) is 9.10. The number of ether oxygens (including phenoxy) is 5. The molecule has 1 heterocycles. The van der Waals surface area contributed by atoms with E-state index in [2.05, 4.69) is 0 Å². The minimum Gasteiger partial charge on any atom is -0.497 e. The highest BCUT2D eigenvalue weighted by molar-refractivity contribution is 5.80. The number of hydrogen-bond donors (Lipinski definition) is 0. The molecule has 3 rings (SSSR count). The third-order valence-electron chi connectivity index (χ3n) is 4.22. The van der Waals surface area contributed by atoms with Crippen molar-refractivity contribution in [1.29, 1.82) is 0 Å². The van der Waals surface area contributed by atoms with Gasteiger partial charge >= 0.3 is 5.97 Å². The molecule has 8 heteroatoms. The van der Waals surface area contributed by atoms with Gasteiger partial charge in [0, 0.05) is 13.6 Å². The molecule has 0 fully saturated rings. The molecule has 8 nitrogen and oxygen atoms in total. The molecule has 154 valence electrons. The molecule has 1 aliphatic heterocycles. The second-order valence-electron chi connectivity index (χ2n) is 6.35. The lowest BCUT2D eigenvalue weighted by atomic mass is 10.2. The van der Waals surface area contributed by atoms with Crippen molar-refractivity contribution in [3.8, 4) is 23.0 Å². The van der Waals surface area contributed by atoms with E-state index < -0.39 is 5.97 Å². The first-order valence-corrected chi connectivity index (χ1v) is 9.10. The van der Waals surface area contributed by atoms with Crippen molar-refractivity contribution >= 4 is 11.9 Å². The average molecular weight is 401 g/mol. The highest BCUT2D eigenvalue weighted by Crippen LogP contribution is 2.31. The van der Waals surface area contributed by atoms with Gasteiger partial charge in [-0.1, -0.05) is 6.07 Å². The number of nitrogens with zero attached hydrogens (tertiary/aromatic N) is 1. The summed E-state index contributed by atoms with van der Waals surface area (Å²) in [6, 6.07) is 12.3. The SMILES string of the molecule is COc1ccc(OCC(=O)OCC(=O)N(C)Cc2ccc3c(c2)OCCO3)cc1. The second-order valence-corrected chi connectivity index (χ2v) is 6.35. The monoisotopic (exact) mass is 401 g/mol. The van der Waals surface area contributed by atoms with Crippen LogP contribution in [0.5, 0.6) is 23.0 Å². The molecule has 2 aromatic rings. The number of carbonyl (C=O) groups is 2. The van der Waals surface area contributed by atoms with Crippen molar-refractivity contribution in [2.75, 3.05) is 40.6 Å². The zero-order valence-corrected chi connectivity index (χ0v) is 16.4. The maximum atomic E-state index is 12.2. The van der Waals surface area contributed by atoms with E-state index in [0.717, 1.165) is 5.56 Å². The number of methoxy groups -OCH3 is 1. The Hall–Kier alpha value is -3.42. The largest absolute Gasteiger partial charge is 0.497 e. The van der Waals surface area contributed by atoms with Gasteiger partial charge in [0.25, 0.3) is 5.91 Å². The Labute approximate surface area is 168 Å². The maximum absolute atomic E-state index is 12.2. The number of likely N-dealkylation sites (N-methyl/N-ethyl adjacent to an activating group) is 1. The van der Waals surface area contributed by atoms with Crippen LogP contribution in [0.25, 0.3) is 0 Å². The predicted octanol–water partition coefficient (Wildman–Crippen LogP) is 2.05. The van der Waals surface area contributed by atoms with E-state index in [1.165, 1.54) is 4.90 Å². The van der Waals surface area contributed by atoms with Crippen LogP contribution in [0.15, 0.2) is 42.5 Å². The van der Waals surface area contributed by atoms with Crippen LogP contribution in [0.3, 0.4) is 0 Å². The summed E-state index contributed by atoms with van der Waals surface area (Å²) in [4.78, 5) is 25.5. The van der Waals surface area contributed by atoms with Gasteiger partial charge in [-0.15, -0.1) is 0 Å². The van der Waals surface area contributed by atoms with E-state index >= 15 is 0 Å². The standard InChI is InChI=1S/C21H23NO7/c1-22(12-15-3-8-18-19(11-15)27-10-9-26-18)20(23)13-29-21(24)14-28-17-6-4-16(25-2)5-7-17/h3-8,11H,9-10,12-14H2,1-2H3. The molecule has 2 aromatic carbocycles. The fourth-order valence-electron chi connectivity index (χ4n) is 2.66. The van der Waals surface area contributed by atoms with Crippen LogP contribution in [-0.2, 0) is 20.9 Å². The molecule has 0 aliphatic carbocycles. The van der Waals surface area contributed by atoms with E-state index in [1.807, 2.05) is 18.2 Å². The highest BCUT2D eigenvalue weighted by Gasteiger charge is 2.16. The van der Waals surface area contributed by atoms with Gasteiger partial charge in [-0.3, -0.25) is 4.79 Å². The van der Waals surface area contributed by atoms with E-state index in [0.29, 0.717) is 42.8 Å². The lowest BCUT2D eigenvalue weighted by Gasteiger charge is -2.21. The fraction of sp³-hybridized carbons (Fsp3) is 0.333. The molecular formula is C21H23NO7. The van der Waals surface area contributed by atoms with Crippen molar-refractivity contribution in [3.63, 3.8) is 0 Å². The van der Waals surface area contributed by atoms with Crippen LogP contribution in [0.4, 0.5) is 0 Å². The second kappa shape index (κ2) is 9.68. The molecule has 1 amide bonds. The summed E-state index contributed by atoms with van der Waals surface area (Å²) in [6.07, 6.45) is 0. The number of benzene rings is 2. The third kappa shape index (κ3) is 5.78. The lowest BCUT2D eigenvalue weighted by molar-refractivity contribution is -0.153. The van der Waals surface area contributed by atoms with Crippen LogP contribution in [-0.4, -0.2) is 57.4 Å². The summed E-state index contributed by atoms with van der Waals surface area (Å²) in [5.74, 6) is 1.60. The highest BCUT2D eigenvalue weighted by atomic mass is 16.6. The number of amides is 1. The minimum atomic E-state index is -0.623. The Morgan fingerprint density at radius 2 is 1.66 bits per heavy atom. The molecular weight excluding hydrogens is 378 g/mol. The summed E-state index contributed by atoms with van der Waals surface area (Å²) < 4.78 is 26.4. The van der Waals surface area contributed by atoms with Crippen LogP contribution < -0.4 is 18.9 Å². The Morgan fingerprint density at radius 1 is 0.966 bits per heavy atom. The topological polar surface area (TPSA) is 83.5 Å². The quantitative estimate of drug-likeness (QED) is 0.626. The average Bonchev–Trinajstić information content (AvgIpc) is 2.76. The fourth-order valence-corrected chi connectivity index (χ4v) is 2.66. The minimum absolute atomic E-state index is 0.286. The van der Waals surface area contributed by atoms with Crippen molar-refractivity contribution in [3.05, 3.63) is 48.0 Å². The Kier molecular flexibility index (Phi) is 6.78. The predicted molar refractivity (Wildman–Crippen MR) is 103 cm³/mol. The molecule has 0 radical (unpaired) electrons. The Balaban J connectivity index is 1.41. The first kappa shape index (κ1) is 20.3. The number of esters is 1. The van der Waals surface area contributed by atoms with Gasteiger partial charge in [0.2, 0.25) is 0 Å². The first-order chi connectivity index (χ1) is 14.0. The van der Waals surface area contributed by atoms with Gasteiger partial charge in [0.1, 0.15) is 24.7 Å². The molecule has 29 heavy (non-hydrogen) atoms. The van der Waals surface area contributed by atoms with E-state index in [1.54, 1.807) is 38.4 Å². The molecule has 0 N–H and O–H groups in total. The summed E-state index contributed by atoms with van der Waals surface area (Å²) in [5, 5.41) is 0. The molecule has 0 saturated carbocycles. The zero-order valence-electron chi connectivity index (χ0n) is 16.4. The zero-order chi connectivity index (χ0) is 20.6. The van der Waals surface area contributed by atoms with Gasteiger partial charge in [0.05, 0.1) is 7.11 Å². The van der Waals surface area contributed by atoms with Crippen LogP contribution in [0.2, 0.25) is 0 Å². The van der Waals surface area contributed by atoms with Crippen molar-refractivity contribution < 1.29 is 33.3 Å². The number of rotatable bonds is 8. The van der Waals surface area contributed by atoms with Gasteiger partial charge in [0.15, 0.2) is 24.7 Å². The van der Waals surface area contributed by atoms with Gasteiger partial charge < -0.3 is 28.6 Å². The van der Waals surface area contributed by atoms with E-state index in [4.69, 9.17) is 23.7 Å². The van der Waals surface area contributed by atoms with Crippen molar-refractivity contribution in [1.82, 2.24) is 4.90 Å². The number of hydrogen-bond acceptors (Lipinski definition) is 7. The smallest absolute Gasteiger partial charge is 0.344 e. The molecule has 0 spiro atoms.